The molecule has 0 aliphatic rings. The molecule has 0 radical (unpaired) electrons. The molecule has 0 saturated carbocycles. The van der Waals surface area contributed by atoms with E-state index in [9.17, 15) is 13.2 Å². The molecule has 4 rings (SSSR count). The predicted octanol–water partition coefficient (Wildman–Crippen LogP) is 3.37. The van der Waals surface area contributed by atoms with Gasteiger partial charge in [0.15, 0.2) is 0 Å². The van der Waals surface area contributed by atoms with Gasteiger partial charge in [-0.25, -0.2) is 17.4 Å². The SMILES string of the molecule is COC(=O)CCCc1cc2nc(Cl)ccc2n1S(=O)(=O)c1cccc2nccnc12. The normalized spacial score (nSPS) is 11.8. The fourth-order valence-electron chi connectivity index (χ4n) is 3.34. The highest BCUT2D eigenvalue weighted by Gasteiger charge is 2.26. The average Bonchev–Trinajstić information content (AvgIpc) is 3.11. The van der Waals surface area contributed by atoms with E-state index < -0.39 is 10.0 Å². The number of ether oxygens (including phenoxy) is 1. The molecule has 0 aliphatic carbocycles. The molecule has 0 atom stereocenters. The second-order valence-corrected chi connectivity index (χ2v) is 8.70. The van der Waals surface area contributed by atoms with Crippen molar-refractivity contribution in [3.05, 3.63) is 59.6 Å². The Morgan fingerprint density at radius 2 is 1.93 bits per heavy atom. The van der Waals surface area contributed by atoms with Gasteiger partial charge in [-0.3, -0.25) is 14.8 Å². The summed E-state index contributed by atoms with van der Waals surface area (Å²) in [5.74, 6) is -0.356. The van der Waals surface area contributed by atoms with Crippen LogP contribution in [0.4, 0.5) is 0 Å². The molecule has 0 amide bonds. The lowest BCUT2D eigenvalue weighted by molar-refractivity contribution is -0.140. The number of pyridine rings is 1. The van der Waals surface area contributed by atoms with E-state index >= 15 is 0 Å². The summed E-state index contributed by atoms with van der Waals surface area (Å²) in [7, 11) is -2.72. The molecule has 0 spiro atoms. The number of hydrogen-bond acceptors (Lipinski definition) is 7. The Bertz CT molecular complexity index is 1360. The summed E-state index contributed by atoms with van der Waals surface area (Å²) in [4.78, 5) is 24.2. The first-order valence-electron chi connectivity index (χ1n) is 9.11. The predicted molar refractivity (Wildman–Crippen MR) is 112 cm³/mol. The molecule has 1 aromatic carbocycles. The van der Waals surface area contributed by atoms with Crippen LogP contribution in [0.2, 0.25) is 5.15 Å². The fraction of sp³-hybridized carbons (Fsp3) is 0.200. The average molecular weight is 445 g/mol. The number of hydrogen-bond donors (Lipinski definition) is 0. The summed E-state index contributed by atoms with van der Waals surface area (Å²) in [6.07, 6.45) is 3.88. The highest BCUT2D eigenvalue weighted by molar-refractivity contribution is 7.90. The Balaban J connectivity index is 1.89. The Kier molecular flexibility index (Phi) is 5.40. The van der Waals surface area contributed by atoms with E-state index in [1.807, 2.05) is 0 Å². The number of aryl methyl sites for hydroxylation is 1. The maximum Gasteiger partial charge on any atom is 0.305 e. The number of nitrogens with zero attached hydrogens (tertiary/aromatic N) is 4. The summed E-state index contributed by atoms with van der Waals surface area (Å²) < 4.78 is 33.4. The molecule has 3 heterocycles. The molecule has 0 fully saturated rings. The van der Waals surface area contributed by atoms with Gasteiger partial charge in [0.25, 0.3) is 10.0 Å². The third-order valence-corrected chi connectivity index (χ3v) is 6.68. The molecule has 0 N–H and O–H groups in total. The molecule has 154 valence electrons. The van der Waals surface area contributed by atoms with Crippen LogP contribution < -0.4 is 0 Å². The summed E-state index contributed by atoms with van der Waals surface area (Å²) >= 11 is 6.01. The number of carbonyl (C=O) groups excluding carboxylic acids is 1. The zero-order chi connectivity index (χ0) is 21.3. The van der Waals surface area contributed by atoms with Crippen molar-refractivity contribution in [1.82, 2.24) is 18.9 Å². The molecule has 8 nitrogen and oxygen atoms in total. The van der Waals surface area contributed by atoms with Crippen molar-refractivity contribution in [1.29, 1.82) is 0 Å². The van der Waals surface area contributed by atoms with Gasteiger partial charge in [-0.2, -0.15) is 0 Å². The first kappa shape index (κ1) is 20.2. The zero-order valence-electron chi connectivity index (χ0n) is 15.9. The van der Waals surface area contributed by atoms with Crippen molar-refractivity contribution in [3.8, 4) is 0 Å². The number of methoxy groups -OCH3 is 1. The molecular weight excluding hydrogens is 428 g/mol. The largest absolute Gasteiger partial charge is 0.469 e. The number of para-hydroxylation sites is 1. The van der Waals surface area contributed by atoms with Crippen LogP contribution in [0, 0.1) is 0 Å². The highest BCUT2D eigenvalue weighted by Crippen LogP contribution is 2.29. The minimum absolute atomic E-state index is 0.0368. The molecule has 30 heavy (non-hydrogen) atoms. The molecule has 3 aromatic heterocycles. The van der Waals surface area contributed by atoms with Crippen LogP contribution in [-0.4, -0.2) is 40.4 Å². The summed E-state index contributed by atoms with van der Waals surface area (Å²) in [5.41, 5.74) is 2.09. The topological polar surface area (TPSA) is 104 Å². The van der Waals surface area contributed by atoms with Gasteiger partial charge in [0.2, 0.25) is 0 Å². The van der Waals surface area contributed by atoms with Crippen molar-refractivity contribution < 1.29 is 17.9 Å². The molecule has 0 aliphatic heterocycles. The number of fused-ring (bicyclic) bond motifs is 2. The van der Waals surface area contributed by atoms with Crippen molar-refractivity contribution in [2.75, 3.05) is 7.11 Å². The number of halogens is 1. The zero-order valence-corrected chi connectivity index (χ0v) is 17.5. The monoisotopic (exact) mass is 444 g/mol. The van der Waals surface area contributed by atoms with E-state index in [-0.39, 0.29) is 28.0 Å². The second-order valence-electron chi connectivity index (χ2n) is 6.55. The van der Waals surface area contributed by atoms with E-state index in [0.717, 1.165) is 0 Å². The number of aromatic nitrogens is 4. The van der Waals surface area contributed by atoms with Gasteiger partial charge in [0, 0.05) is 24.5 Å². The highest BCUT2D eigenvalue weighted by atomic mass is 35.5. The van der Waals surface area contributed by atoms with Crippen LogP contribution in [0.3, 0.4) is 0 Å². The molecule has 4 aromatic rings. The Labute approximate surface area is 177 Å². The molecule has 0 bridgehead atoms. The third kappa shape index (κ3) is 3.61. The van der Waals surface area contributed by atoms with Crippen molar-refractivity contribution >= 4 is 49.7 Å². The first-order chi connectivity index (χ1) is 14.4. The van der Waals surface area contributed by atoms with Crippen LogP contribution in [0.1, 0.15) is 18.5 Å². The lowest BCUT2D eigenvalue weighted by atomic mass is 10.2. The number of rotatable bonds is 6. The van der Waals surface area contributed by atoms with Gasteiger partial charge in [0.1, 0.15) is 15.6 Å². The van der Waals surface area contributed by atoms with Gasteiger partial charge in [-0.05, 0) is 43.2 Å². The van der Waals surface area contributed by atoms with E-state index in [1.165, 1.54) is 35.6 Å². The lowest BCUT2D eigenvalue weighted by Gasteiger charge is -2.13. The Morgan fingerprint density at radius 3 is 2.73 bits per heavy atom. The number of carbonyl (C=O) groups is 1. The fourth-order valence-corrected chi connectivity index (χ4v) is 5.21. The molecular formula is C20H17ClN4O4S. The number of esters is 1. The maximum absolute atomic E-state index is 13.7. The van der Waals surface area contributed by atoms with Gasteiger partial charge in [-0.1, -0.05) is 17.7 Å². The summed E-state index contributed by atoms with van der Waals surface area (Å²) in [5, 5.41) is 0.259. The van der Waals surface area contributed by atoms with Gasteiger partial charge in [0.05, 0.1) is 23.7 Å². The van der Waals surface area contributed by atoms with Crippen LogP contribution >= 0.6 is 11.6 Å². The van der Waals surface area contributed by atoms with Gasteiger partial charge in [-0.15, -0.1) is 0 Å². The third-order valence-electron chi connectivity index (χ3n) is 4.67. The smallest absolute Gasteiger partial charge is 0.305 e. The van der Waals surface area contributed by atoms with Crippen molar-refractivity contribution in [2.24, 2.45) is 0 Å². The van der Waals surface area contributed by atoms with Crippen LogP contribution in [0.15, 0.2) is 53.7 Å². The quantitative estimate of drug-likeness (QED) is 0.331. The lowest BCUT2D eigenvalue weighted by Crippen LogP contribution is -2.17. The van der Waals surface area contributed by atoms with Crippen LogP contribution in [-0.2, 0) is 26.0 Å². The molecule has 10 heteroatoms. The number of benzene rings is 1. The second kappa shape index (κ2) is 8.00. The maximum atomic E-state index is 13.7. The van der Waals surface area contributed by atoms with Crippen LogP contribution in [0.25, 0.3) is 22.1 Å². The Morgan fingerprint density at radius 1 is 1.13 bits per heavy atom. The summed E-state index contributed by atoms with van der Waals surface area (Å²) in [6, 6.07) is 9.65. The van der Waals surface area contributed by atoms with E-state index in [2.05, 4.69) is 19.7 Å². The molecule has 0 saturated heterocycles. The van der Waals surface area contributed by atoms with Crippen molar-refractivity contribution in [2.45, 2.75) is 24.2 Å². The van der Waals surface area contributed by atoms with E-state index in [4.69, 9.17) is 11.6 Å². The Hall–Kier alpha value is -3.04. The summed E-state index contributed by atoms with van der Waals surface area (Å²) in [6.45, 7) is 0. The minimum Gasteiger partial charge on any atom is -0.469 e. The molecule has 0 unspecified atom stereocenters. The van der Waals surface area contributed by atoms with Gasteiger partial charge < -0.3 is 4.74 Å². The van der Waals surface area contributed by atoms with Crippen molar-refractivity contribution in [3.63, 3.8) is 0 Å². The van der Waals surface area contributed by atoms with E-state index in [1.54, 1.807) is 24.3 Å². The van der Waals surface area contributed by atoms with E-state index in [0.29, 0.717) is 35.1 Å². The first-order valence-corrected chi connectivity index (χ1v) is 10.9. The van der Waals surface area contributed by atoms with Gasteiger partial charge >= 0.3 is 5.97 Å². The standard InChI is InChI=1S/C20H17ClN4O4S/c1-29-19(26)7-2-4-13-12-15-16(8-9-18(21)24-15)25(13)30(27,28)17-6-3-5-14-20(17)23-11-10-22-14/h3,5-6,8-12H,2,4,7H2,1H3. The minimum atomic E-state index is -4.03. The van der Waals surface area contributed by atoms with Crippen LogP contribution in [0.5, 0.6) is 0 Å².